The van der Waals surface area contributed by atoms with Crippen LogP contribution in [0.3, 0.4) is 0 Å². The number of benzene rings is 1. The van der Waals surface area contributed by atoms with Crippen molar-refractivity contribution in [2.45, 2.75) is 25.5 Å². The average molecular weight is 263 g/mol. The topological polar surface area (TPSA) is 60.2 Å². The van der Waals surface area contributed by atoms with E-state index in [0.29, 0.717) is 17.5 Å². The van der Waals surface area contributed by atoms with E-state index in [4.69, 9.17) is 9.26 Å². The van der Waals surface area contributed by atoms with Crippen LogP contribution >= 0.6 is 0 Å². The van der Waals surface area contributed by atoms with Crippen molar-refractivity contribution in [2.75, 3.05) is 6.54 Å². The Morgan fingerprint density at radius 2 is 2.42 bits per heavy atom. The van der Waals surface area contributed by atoms with E-state index in [9.17, 15) is 4.39 Å². The lowest BCUT2D eigenvalue weighted by molar-refractivity contribution is 0.282. The number of nitrogens with zero attached hydrogens (tertiary/aromatic N) is 2. The molecule has 2 aromatic rings. The first-order valence-corrected chi connectivity index (χ1v) is 6.25. The molecule has 3 rings (SSSR count). The number of nitrogens with one attached hydrogen (secondary N) is 1. The normalized spacial score (nSPS) is 18.7. The Morgan fingerprint density at radius 3 is 3.21 bits per heavy atom. The maximum absolute atomic E-state index is 13.0. The Morgan fingerprint density at radius 1 is 1.47 bits per heavy atom. The highest BCUT2D eigenvalue weighted by atomic mass is 19.1. The largest absolute Gasteiger partial charge is 0.485 e. The Labute approximate surface area is 109 Å². The van der Waals surface area contributed by atoms with Crippen molar-refractivity contribution in [1.29, 1.82) is 0 Å². The van der Waals surface area contributed by atoms with Crippen LogP contribution < -0.4 is 10.1 Å². The summed E-state index contributed by atoms with van der Waals surface area (Å²) in [5.74, 6) is 1.18. The molecule has 1 unspecified atom stereocenters. The Kier molecular flexibility index (Phi) is 3.41. The summed E-state index contributed by atoms with van der Waals surface area (Å²) < 4.78 is 23.5. The Bertz CT molecular complexity index is 552. The number of hydrogen-bond donors (Lipinski definition) is 1. The molecule has 0 aliphatic carbocycles. The van der Waals surface area contributed by atoms with E-state index in [0.717, 1.165) is 19.4 Å². The van der Waals surface area contributed by atoms with Crippen molar-refractivity contribution in [3.05, 3.63) is 41.8 Å². The third-order valence-corrected chi connectivity index (χ3v) is 3.01. The van der Waals surface area contributed by atoms with Gasteiger partial charge in [0, 0.05) is 6.07 Å². The fraction of sp³-hybridized carbons (Fsp3) is 0.385. The molecule has 2 heterocycles. The molecule has 6 heteroatoms. The van der Waals surface area contributed by atoms with Crippen molar-refractivity contribution in [3.63, 3.8) is 0 Å². The molecule has 1 aliphatic rings. The van der Waals surface area contributed by atoms with Crippen LogP contribution in [0, 0.1) is 5.82 Å². The van der Waals surface area contributed by atoms with E-state index >= 15 is 0 Å². The molecule has 1 aromatic carbocycles. The first-order valence-electron chi connectivity index (χ1n) is 6.25. The molecular formula is C13H14FN3O2. The highest BCUT2D eigenvalue weighted by Gasteiger charge is 2.22. The number of ether oxygens (including phenoxy) is 1. The van der Waals surface area contributed by atoms with Crippen molar-refractivity contribution < 1.29 is 13.7 Å². The van der Waals surface area contributed by atoms with Gasteiger partial charge >= 0.3 is 0 Å². The maximum atomic E-state index is 13.0. The summed E-state index contributed by atoms with van der Waals surface area (Å²) in [5.41, 5.74) is 0. The smallest absolute Gasteiger partial charge is 0.243 e. The van der Waals surface area contributed by atoms with Crippen LogP contribution in [0.5, 0.6) is 5.75 Å². The van der Waals surface area contributed by atoms with Gasteiger partial charge in [0.05, 0.1) is 6.04 Å². The zero-order chi connectivity index (χ0) is 13.1. The second-order valence-corrected chi connectivity index (χ2v) is 4.44. The second-order valence-electron chi connectivity index (χ2n) is 4.44. The van der Waals surface area contributed by atoms with Crippen molar-refractivity contribution in [3.8, 4) is 5.75 Å². The minimum Gasteiger partial charge on any atom is -0.485 e. The zero-order valence-corrected chi connectivity index (χ0v) is 10.3. The van der Waals surface area contributed by atoms with Gasteiger partial charge in [0.25, 0.3) is 0 Å². The summed E-state index contributed by atoms with van der Waals surface area (Å²) in [6.07, 6.45) is 2.12. The van der Waals surface area contributed by atoms with Gasteiger partial charge in [-0.3, -0.25) is 0 Å². The van der Waals surface area contributed by atoms with E-state index in [1.165, 1.54) is 12.1 Å². The molecule has 1 fully saturated rings. The van der Waals surface area contributed by atoms with E-state index < -0.39 is 0 Å². The monoisotopic (exact) mass is 263 g/mol. The van der Waals surface area contributed by atoms with E-state index in [-0.39, 0.29) is 18.5 Å². The maximum Gasteiger partial charge on any atom is 0.243 e. The van der Waals surface area contributed by atoms with Gasteiger partial charge in [-0.2, -0.15) is 4.98 Å². The van der Waals surface area contributed by atoms with Crippen molar-refractivity contribution >= 4 is 0 Å². The Hall–Kier alpha value is -1.95. The fourth-order valence-corrected chi connectivity index (χ4v) is 2.07. The van der Waals surface area contributed by atoms with Crippen LogP contribution in [0.25, 0.3) is 0 Å². The van der Waals surface area contributed by atoms with Gasteiger partial charge < -0.3 is 14.6 Å². The molecule has 1 aromatic heterocycles. The van der Waals surface area contributed by atoms with Crippen LogP contribution in [-0.4, -0.2) is 16.7 Å². The van der Waals surface area contributed by atoms with Gasteiger partial charge in [0.1, 0.15) is 11.6 Å². The minimum atomic E-state index is -0.332. The summed E-state index contributed by atoms with van der Waals surface area (Å²) in [7, 11) is 0. The Balaban J connectivity index is 1.61. The molecule has 19 heavy (non-hydrogen) atoms. The molecule has 5 nitrogen and oxygen atoms in total. The number of hydrogen-bond acceptors (Lipinski definition) is 5. The molecule has 0 bridgehead atoms. The summed E-state index contributed by atoms with van der Waals surface area (Å²) >= 11 is 0. The lowest BCUT2D eigenvalue weighted by Gasteiger charge is -2.03. The number of aromatic nitrogens is 2. The first-order chi connectivity index (χ1) is 9.31. The van der Waals surface area contributed by atoms with Crippen molar-refractivity contribution in [2.24, 2.45) is 0 Å². The number of halogens is 1. The summed E-state index contributed by atoms with van der Waals surface area (Å²) in [6, 6.07) is 6.11. The molecule has 0 spiro atoms. The van der Waals surface area contributed by atoms with Gasteiger partial charge in [-0.05, 0) is 31.5 Å². The summed E-state index contributed by atoms with van der Waals surface area (Å²) in [4.78, 5) is 4.27. The molecule has 1 aliphatic heterocycles. The van der Waals surface area contributed by atoms with E-state index in [2.05, 4.69) is 15.5 Å². The van der Waals surface area contributed by atoms with Crippen LogP contribution in [0.2, 0.25) is 0 Å². The molecule has 0 radical (unpaired) electrons. The van der Waals surface area contributed by atoms with Gasteiger partial charge in [-0.15, -0.1) is 0 Å². The van der Waals surface area contributed by atoms with Crippen molar-refractivity contribution in [1.82, 2.24) is 15.5 Å². The third kappa shape index (κ3) is 2.90. The third-order valence-electron chi connectivity index (χ3n) is 3.01. The fourth-order valence-electron chi connectivity index (χ4n) is 2.07. The lowest BCUT2D eigenvalue weighted by Crippen LogP contribution is -2.13. The van der Waals surface area contributed by atoms with Gasteiger partial charge in [0.2, 0.25) is 11.7 Å². The first kappa shape index (κ1) is 12.1. The molecular weight excluding hydrogens is 249 g/mol. The highest BCUT2D eigenvalue weighted by molar-refractivity contribution is 5.22. The molecule has 0 amide bonds. The quantitative estimate of drug-likeness (QED) is 0.916. The number of rotatable bonds is 4. The van der Waals surface area contributed by atoms with E-state index in [1.54, 1.807) is 12.1 Å². The van der Waals surface area contributed by atoms with E-state index in [1.807, 2.05) is 0 Å². The predicted molar refractivity (Wildman–Crippen MR) is 65.0 cm³/mol. The van der Waals surface area contributed by atoms with Crippen LogP contribution in [0.15, 0.2) is 28.8 Å². The second kappa shape index (κ2) is 5.36. The van der Waals surface area contributed by atoms with Gasteiger partial charge in [-0.25, -0.2) is 4.39 Å². The molecule has 0 saturated carbocycles. The van der Waals surface area contributed by atoms with Crippen LogP contribution in [0.4, 0.5) is 4.39 Å². The summed E-state index contributed by atoms with van der Waals surface area (Å²) in [6.45, 7) is 1.14. The van der Waals surface area contributed by atoms with Gasteiger partial charge in [0.15, 0.2) is 6.61 Å². The zero-order valence-electron chi connectivity index (χ0n) is 10.3. The van der Waals surface area contributed by atoms with Crippen LogP contribution in [0.1, 0.15) is 30.6 Å². The summed E-state index contributed by atoms with van der Waals surface area (Å²) in [5, 5.41) is 7.13. The molecule has 1 atom stereocenters. The average Bonchev–Trinajstić information content (AvgIpc) is 3.07. The van der Waals surface area contributed by atoms with Gasteiger partial charge in [-0.1, -0.05) is 11.2 Å². The molecule has 1 N–H and O–H groups in total. The molecule has 100 valence electrons. The standard InChI is InChI=1S/C13H14FN3O2/c14-9-3-1-4-10(7-9)18-8-12-16-13(19-17-12)11-5-2-6-15-11/h1,3-4,7,11,15H,2,5-6,8H2. The molecule has 1 saturated heterocycles. The SMILES string of the molecule is Fc1cccc(OCc2noc(C3CCCN3)n2)c1. The lowest BCUT2D eigenvalue weighted by atomic mass is 10.2. The highest BCUT2D eigenvalue weighted by Crippen LogP contribution is 2.21. The predicted octanol–water partition coefficient (Wildman–Crippen LogP) is 2.21. The minimum absolute atomic E-state index is 0.149. The van der Waals surface area contributed by atoms with Crippen LogP contribution in [-0.2, 0) is 6.61 Å².